The highest BCUT2D eigenvalue weighted by molar-refractivity contribution is 9.09. The summed E-state index contributed by atoms with van der Waals surface area (Å²) in [5.74, 6) is 0. The Morgan fingerprint density at radius 2 is 1.30 bits per heavy atom. The Labute approximate surface area is 131 Å². The van der Waals surface area contributed by atoms with Crippen LogP contribution in [-0.4, -0.2) is 0 Å². The van der Waals surface area contributed by atoms with E-state index in [1.165, 1.54) is 44.5 Å². The van der Waals surface area contributed by atoms with Gasteiger partial charge in [-0.25, -0.2) is 0 Å². The summed E-state index contributed by atoms with van der Waals surface area (Å²) in [6.45, 7) is 13.2. The van der Waals surface area contributed by atoms with Crippen LogP contribution in [0.1, 0.15) is 49.3 Å². The normalized spacial score (nSPS) is 12.6. The summed E-state index contributed by atoms with van der Waals surface area (Å²) in [7, 11) is 0. The van der Waals surface area contributed by atoms with E-state index >= 15 is 0 Å². The summed E-state index contributed by atoms with van der Waals surface area (Å²) in [4.78, 5) is 0.265. The van der Waals surface area contributed by atoms with E-state index in [4.69, 9.17) is 0 Å². The molecule has 0 radical (unpaired) electrons. The average Bonchev–Trinajstić information content (AvgIpc) is 2.36. The Morgan fingerprint density at radius 3 is 1.80 bits per heavy atom. The maximum absolute atomic E-state index is 3.94. The molecule has 0 aliphatic carbocycles. The van der Waals surface area contributed by atoms with Crippen LogP contribution in [0.15, 0.2) is 24.3 Å². The van der Waals surface area contributed by atoms with Gasteiger partial charge in [0.1, 0.15) is 0 Å². The number of hydrogen-bond donors (Lipinski definition) is 0. The molecule has 0 aromatic heterocycles. The Bertz CT molecular complexity index is 627. The van der Waals surface area contributed by atoms with Gasteiger partial charge in [0.25, 0.3) is 0 Å². The molecule has 0 spiro atoms. The van der Waals surface area contributed by atoms with Crippen molar-refractivity contribution >= 4 is 15.9 Å². The molecule has 2 aromatic carbocycles. The largest absolute Gasteiger partial charge is 0.0786 e. The van der Waals surface area contributed by atoms with E-state index in [9.17, 15) is 0 Å². The van der Waals surface area contributed by atoms with E-state index in [0.717, 1.165) is 0 Å². The van der Waals surface area contributed by atoms with Gasteiger partial charge in [0, 0.05) is 0 Å². The molecule has 0 N–H and O–H groups in total. The van der Waals surface area contributed by atoms with Crippen molar-refractivity contribution in [1.82, 2.24) is 0 Å². The molecular formula is C19H23Br. The number of benzene rings is 2. The van der Waals surface area contributed by atoms with E-state index in [1.54, 1.807) is 0 Å². The van der Waals surface area contributed by atoms with Gasteiger partial charge in [-0.3, -0.25) is 0 Å². The van der Waals surface area contributed by atoms with Crippen LogP contribution in [0.4, 0.5) is 0 Å². The molecule has 0 bridgehead atoms. The van der Waals surface area contributed by atoms with E-state index in [1.807, 2.05) is 0 Å². The first kappa shape index (κ1) is 15.3. The van der Waals surface area contributed by atoms with Crippen molar-refractivity contribution in [3.8, 4) is 0 Å². The van der Waals surface area contributed by atoms with Crippen LogP contribution in [0.3, 0.4) is 0 Å². The lowest BCUT2D eigenvalue weighted by molar-refractivity contribution is 1.06. The first-order chi connectivity index (χ1) is 9.32. The van der Waals surface area contributed by atoms with Crippen molar-refractivity contribution in [1.29, 1.82) is 0 Å². The maximum atomic E-state index is 3.94. The summed E-state index contributed by atoms with van der Waals surface area (Å²) in [6, 6.07) is 9.00. The van der Waals surface area contributed by atoms with Crippen LogP contribution in [-0.2, 0) is 0 Å². The smallest absolute Gasteiger partial charge is 0.0652 e. The zero-order valence-corrected chi connectivity index (χ0v) is 14.9. The molecule has 1 heteroatoms. The predicted molar refractivity (Wildman–Crippen MR) is 92.1 cm³/mol. The lowest BCUT2D eigenvalue weighted by atomic mass is 9.88. The molecule has 0 saturated carbocycles. The van der Waals surface area contributed by atoms with Crippen LogP contribution >= 0.6 is 15.9 Å². The predicted octanol–water partition coefficient (Wildman–Crippen LogP) is 6.02. The molecule has 0 aliphatic heterocycles. The van der Waals surface area contributed by atoms with Crippen molar-refractivity contribution in [3.63, 3.8) is 0 Å². The molecule has 0 aliphatic rings. The third-order valence-electron chi connectivity index (χ3n) is 4.38. The zero-order chi connectivity index (χ0) is 15.0. The molecule has 2 aromatic rings. The molecule has 1 atom stereocenters. The SMILES string of the molecule is Cc1ccc(C(Br)c2c(C)c(C)cc(C)c2C)c(C)c1. The van der Waals surface area contributed by atoms with E-state index in [0.29, 0.717) is 0 Å². The van der Waals surface area contributed by atoms with Gasteiger partial charge in [-0.05, 0) is 80.5 Å². The lowest BCUT2D eigenvalue weighted by Gasteiger charge is -2.22. The third-order valence-corrected chi connectivity index (χ3v) is 5.33. The van der Waals surface area contributed by atoms with Gasteiger partial charge in [0.15, 0.2) is 0 Å². The number of halogens is 1. The Morgan fingerprint density at radius 1 is 0.750 bits per heavy atom. The second-order valence-corrected chi connectivity index (χ2v) is 6.81. The fraction of sp³-hybridized carbons (Fsp3) is 0.368. The minimum Gasteiger partial charge on any atom is -0.0786 e. The lowest BCUT2D eigenvalue weighted by Crippen LogP contribution is -2.04. The molecule has 106 valence electrons. The number of alkyl halides is 1. The van der Waals surface area contributed by atoms with Crippen LogP contribution in [0.2, 0.25) is 0 Å². The van der Waals surface area contributed by atoms with Crippen LogP contribution in [0.5, 0.6) is 0 Å². The van der Waals surface area contributed by atoms with Gasteiger partial charge in [-0.1, -0.05) is 45.8 Å². The molecule has 0 saturated heterocycles. The summed E-state index contributed by atoms with van der Waals surface area (Å²) in [5.41, 5.74) is 11.0. The van der Waals surface area contributed by atoms with E-state index < -0.39 is 0 Å². The summed E-state index contributed by atoms with van der Waals surface area (Å²) < 4.78 is 0. The number of aryl methyl sites for hydroxylation is 4. The minimum absolute atomic E-state index is 0.265. The molecule has 2 rings (SSSR count). The number of rotatable bonds is 2. The highest BCUT2D eigenvalue weighted by Crippen LogP contribution is 2.38. The van der Waals surface area contributed by atoms with Crippen molar-refractivity contribution in [2.24, 2.45) is 0 Å². The van der Waals surface area contributed by atoms with Crippen LogP contribution in [0.25, 0.3) is 0 Å². The van der Waals surface area contributed by atoms with Gasteiger partial charge in [-0.15, -0.1) is 0 Å². The fourth-order valence-electron chi connectivity index (χ4n) is 2.89. The van der Waals surface area contributed by atoms with Crippen LogP contribution < -0.4 is 0 Å². The molecule has 0 nitrogen and oxygen atoms in total. The maximum Gasteiger partial charge on any atom is 0.0652 e. The van der Waals surface area contributed by atoms with Gasteiger partial charge < -0.3 is 0 Å². The second-order valence-electron chi connectivity index (χ2n) is 5.90. The molecular weight excluding hydrogens is 308 g/mol. The van der Waals surface area contributed by atoms with Gasteiger partial charge in [0.05, 0.1) is 4.83 Å². The van der Waals surface area contributed by atoms with Gasteiger partial charge in [-0.2, -0.15) is 0 Å². The summed E-state index contributed by atoms with van der Waals surface area (Å²) in [6.07, 6.45) is 0. The fourth-order valence-corrected chi connectivity index (χ4v) is 4.09. The molecule has 1 unspecified atom stereocenters. The van der Waals surface area contributed by atoms with E-state index in [2.05, 4.69) is 81.7 Å². The molecule has 0 amide bonds. The van der Waals surface area contributed by atoms with Crippen molar-refractivity contribution < 1.29 is 0 Å². The van der Waals surface area contributed by atoms with Gasteiger partial charge >= 0.3 is 0 Å². The van der Waals surface area contributed by atoms with Crippen LogP contribution in [0, 0.1) is 41.5 Å². The zero-order valence-electron chi connectivity index (χ0n) is 13.3. The third kappa shape index (κ3) is 2.69. The summed E-state index contributed by atoms with van der Waals surface area (Å²) in [5, 5.41) is 0. The molecule has 0 heterocycles. The first-order valence-corrected chi connectivity index (χ1v) is 8.03. The molecule has 20 heavy (non-hydrogen) atoms. The van der Waals surface area contributed by atoms with Crippen molar-refractivity contribution in [2.75, 3.05) is 0 Å². The highest BCUT2D eigenvalue weighted by atomic mass is 79.9. The monoisotopic (exact) mass is 330 g/mol. The topological polar surface area (TPSA) is 0 Å². The number of hydrogen-bond acceptors (Lipinski definition) is 0. The van der Waals surface area contributed by atoms with Gasteiger partial charge in [0.2, 0.25) is 0 Å². The molecule has 0 fully saturated rings. The quantitative estimate of drug-likeness (QED) is 0.590. The summed E-state index contributed by atoms with van der Waals surface area (Å²) >= 11 is 3.94. The standard InChI is InChI=1S/C19H23Br/c1-11-7-8-17(14(4)9-11)19(20)18-15(5)12(2)10-13(3)16(18)6/h7-10,19H,1-6H3. The second kappa shape index (κ2) is 5.73. The average molecular weight is 331 g/mol. The first-order valence-electron chi connectivity index (χ1n) is 7.11. The van der Waals surface area contributed by atoms with Crippen molar-refractivity contribution in [2.45, 2.75) is 46.4 Å². The minimum atomic E-state index is 0.265. The Kier molecular flexibility index (Phi) is 4.39. The Hall–Kier alpha value is -1.08. The Balaban J connectivity index is 2.62. The van der Waals surface area contributed by atoms with Crippen molar-refractivity contribution in [3.05, 3.63) is 68.8 Å². The highest BCUT2D eigenvalue weighted by Gasteiger charge is 2.19. The van der Waals surface area contributed by atoms with E-state index in [-0.39, 0.29) is 4.83 Å².